The standard InChI is InChI=1S/C13H18N2O3.C2H6/c1-9-8-11(17)14-13-10(9)4-5-12(15-13)18-7-3-2-6-16;1-2/h4-5,9,16H,2-3,6-8H2,1H3,(H,14,15,17);1-2H3. The molecule has 5 nitrogen and oxygen atoms in total. The normalized spacial score (nSPS) is 16.6. The molecule has 2 heterocycles. The lowest BCUT2D eigenvalue weighted by Gasteiger charge is -2.21. The average Bonchev–Trinajstić information content (AvgIpc) is 2.45. The van der Waals surface area contributed by atoms with E-state index in [1.54, 1.807) is 0 Å². The van der Waals surface area contributed by atoms with Crippen LogP contribution in [0.15, 0.2) is 12.1 Å². The Balaban J connectivity index is 0.000000956. The minimum Gasteiger partial charge on any atom is -0.478 e. The van der Waals surface area contributed by atoms with Gasteiger partial charge in [-0.15, -0.1) is 0 Å². The molecule has 20 heavy (non-hydrogen) atoms. The van der Waals surface area contributed by atoms with Gasteiger partial charge in [0.2, 0.25) is 11.8 Å². The number of aliphatic hydroxyl groups is 1. The molecule has 1 unspecified atom stereocenters. The van der Waals surface area contributed by atoms with Crippen LogP contribution < -0.4 is 10.1 Å². The van der Waals surface area contributed by atoms with Gasteiger partial charge in [-0.2, -0.15) is 4.98 Å². The topological polar surface area (TPSA) is 71.5 Å². The van der Waals surface area contributed by atoms with Crippen LogP contribution in [0, 0.1) is 0 Å². The molecule has 1 aromatic rings. The van der Waals surface area contributed by atoms with Crippen molar-refractivity contribution in [3.05, 3.63) is 17.7 Å². The van der Waals surface area contributed by atoms with Crippen LogP contribution in [0.3, 0.4) is 0 Å². The molecule has 2 N–H and O–H groups in total. The van der Waals surface area contributed by atoms with Crippen LogP contribution >= 0.6 is 0 Å². The number of carbonyl (C=O) groups is 1. The molecule has 112 valence electrons. The Bertz CT molecular complexity index is 435. The second kappa shape index (κ2) is 8.53. The van der Waals surface area contributed by atoms with E-state index < -0.39 is 0 Å². The van der Waals surface area contributed by atoms with Crippen molar-refractivity contribution in [3.63, 3.8) is 0 Å². The van der Waals surface area contributed by atoms with Crippen LogP contribution in [-0.4, -0.2) is 29.2 Å². The second-order valence-corrected chi connectivity index (χ2v) is 4.52. The first kappa shape index (κ1) is 16.4. The number of rotatable bonds is 5. The Kier molecular flexibility index (Phi) is 7.01. The summed E-state index contributed by atoms with van der Waals surface area (Å²) in [6.45, 7) is 6.71. The number of nitrogens with one attached hydrogen (secondary N) is 1. The van der Waals surface area contributed by atoms with E-state index >= 15 is 0 Å². The maximum Gasteiger partial charge on any atom is 0.226 e. The molecule has 1 aromatic heterocycles. The van der Waals surface area contributed by atoms with E-state index in [-0.39, 0.29) is 18.4 Å². The Morgan fingerprint density at radius 2 is 2.15 bits per heavy atom. The highest BCUT2D eigenvalue weighted by molar-refractivity contribution is 5.93. The molecule has 1 aliphatic heterocycles. The predicted molar refractivity (Wildman–Crippen MR) is 79.1 cm³/mol. The number of amides is 1. The van der Waals surface area contributed by atoms with Crippen LogP contribution in [0.1, 0.15) is 51.5 Å². The summed E-state index contributed by atoms with van der Waals surface area (Å²) in [5.74, 6) is 1.32. The van der Waals surface area contributed by atoms with Crippen LogP contribution in [0.5, 0.6) is 5.88 Å². The van der Waals surface area contributed by atoms with Crippen molar-refractivity contribution in [3.8, 4) is 5.88 Å². The minimum absolute atomic E-state index is 0.0000643. The van der Waals surface area contributed by atoms with Gasteiger partial charge in [-0.1, -0.05) is 20.8 Å². The molecule has 1 amide bonds. The van der Waals surface area contributed by atoms with Gasteiger partial charge in [-0.05, 0) is 30.4 Å². The van der Waals surface area contributed by atoms with Gasteiger partial charge in [0.25, 0.3) is 0 Å². The SMILES string of the molecule is CC.CC1CC(=O)Nc2nc(OCCCCO)ccc21. The molecule has 1 aliphatic rings. The van der Waals surface area contributed by atoms with Gasteiger partial charge in [-0.3, -0.25) is 4.79 Å². The summed E-state index contributed by atoms with van der Waals surface area (Å²) >= 11 is 0. The number of fused-ring (bicyclic) bond motifs is 1. The zero-order valence-corrected chi connectivity index (χ0v) is 12.5. The third-order valence-corrected chi connectivity index (χ3v) is 2.98. The summed E-state index contributed by atoms with van der Waals surface area (Å²) in [6.07, 6.45) is 2.02. The van der Waals surface area contributed by atoms with Crippen LogP contribution in [0.4, 0.5) is 5.82 Å². The molecular weight excluding hydrogens is 256 g/mol. The molecule has 0 radical (unpaired) electrons. The lowest BCUT2D eigenvalue weighted by molar-refractivity contribution is -0.116. The number of hydrogen-bond donors (Lipinski definition) is 2. The summed E-state index contributed by atoms with van der Waals surface area (Å²) in [5.41, 5.74) is 1.05. The fourth-order valence-electron chi connectivity index (χ4n) is 1.99. The quantitative estimate of drug-likeness (QED) is 0.813. The highest BCUT2D eigenvalue weighted by atomic mass is 16.5. The molecule has 5 heteroatoms. The smallest absolute Gasteiger partial charge is 0.226 e. The fourth-order valence-corrected chi connectivity index (χ4v) is 1.99. The summed E-state index contributed by atoms with van der Waals surface area (Å²) in [4.78, 5) is 15.7. The zero-order valence-electron chi connectivity index (χ0n) is 12.5. The highest BCUT2D eigenvalue weighted by Gasteiger charge is 2.22. The molecule has 0 spiro atoms. The van der Waals surface area contributed by atoms with Crippen molar-refractivity contribution in [2.45, 2.75) is 46.0 Å². The highest BCUT2D eigenvalue weighted by Crippen LogP contribution is 2.31. The first-order valence-corrected chi connectivity index (χ1v) is 7.25. The number of nitrogens with zero attached hydrogens (tertiary/aromatic N) is 1. The molecule has 0 saturated carbocycles. The number of carbonyl (C=O) groups excluding carboxylic acids is 1. The maximum absolute atomic E-state index is 11.4. The number of hydrogen-bond acceptors (Lipinski definition) is 4. The Morgan fingerprint density at radius 3 is 2.85 bits per heavy atom. The second-order valence-electron chi connectivity index (χ2n) is 4.52. The van der Waals surface area contributed by atoms with Gasteiger partial charge in [0.1, 0.15) is 5.82 Å². The van der Waals surface area contributed by atoms with E-state index in [0.717, 1.165) is 18.4 Å². The molecule has 0 fully saturated rings. The monoisotopic (exact) mass is 280 g/mol. The number of pyridine rings is 1. The predicted octanol–water partition coefficient (Wildman–Crippen LogP) is 2.70. The third-order valence-electron chi connectivity index (χ3n) is 2.98. The number of ether oxygens (including phenoxy) is 1. The molecular formula is C15H24N2O3. The van der Waals surface area contributed by atoms with Crippen molar-refractivity contribution in [1.82, 2.24) is 4.98 Å². The van der Waals surface area contributed by atoms with E-state index in [0.29, 0.717) is 24.7 Å². The van der Waals surface area contributed by atoms with Crippen LogP contribution in [-0.2, 0) is 4.79 Å². The minimum atomic E-state index is -0.0000643. The van der Waals surface area contributed by atoms with Crippen molar-refractivity contribution in [2.24, 2.45) is 0 Å². The van der Waals surface area contributed by atoms with Crippen molar-refractivity contribution in [2.75, 3.05) is 18.5 Å². The van der Waals surface area contributed by atoms with Crippen LogP contribution in [0.25, 0.3) is 0 Å². The molecule has 0 aliphatic carbocycles. The van der Waals surface area contributed by atoms with E-state index in [1.807, 2.05) is 32.9 Å². The Labute approximate surface area is 120 Å². The summed E-state index contributed by atoms with van der Waals surface area (Å²) in [5, 5.41) is 11.4. The average molecular weight is 280 g/mol. The molecule has 0 aromatic carbocycles. The van der Waals surface area contributed by atoms with Gasteiger partial charge < -0.3 is 15.2 Å². The number of unbranched alkanes of at least 4 members (excludes halogenated alkanes) is 1. The number of anilines is 1. The largest absolute Gasteiger partial charge is 0.478 e. The van der Waals surface area contributed by atoms with E-state index in [1.165, 1.54) is 0 Å². The summed E-state index contributed by atoms with van der Waals surface area (Å²) in [6, 6.07) is 3.78. The zero-order chi connectivity index (χ0) is 15.0. The molecule has 0 bridgehead atoms. The fraction of sp³-hybridized carbons (Fsp3) is 0.600. The Hall–Kier alpha value is -1.62. The Morgan fingerprint density at radius 1 is 1.40 bits per heavy atom. The first-order chi connectivity index (χ1) is 9.70. The first-order valence-electron chi connectivity index (χ1n) is 7.25. The summed E-state index contributed by atoms with van der Waals surface area (Å²) in [7, 11) is 0. The number of aliphatic hydroxyl groups excluding tert-OH is 1. The van der Waals surface area contributed by atoms with Crippen molar-refractivity contribution < 1.29 is 14.6 Å². The maximum atomic E-state index is 11.4. The van der Waals surface area contributed by atoms with Gasteiger partial charge in [0.15, 0.2) is 0 Å². The van der Waals surface area contributed by atoms with Gasteiger partial charge in [0.05, 0.1) is 6.61 Å². The van der Waals surface area contributed by atoms with Gasteiger partial charge in [0, 0.05) is 19.1 Å². The lowest BCUT2D eigenvalue weighted by atomic mass is 9.95. The molecule has 2 rings (SSSR count). The van der Waals surface area contributed by atoms with E-state index in [2.05, 4.69) is 10.3 Å². The van der Waals surface area contributed by atoms with Crippen molar-refractivity contribution in [1.29, 1.82) is 0 Å². The van der Waals surface area contributed by atoms with Crippen molar-refractivity contribution >= 4 is 11.7 Å². The summed E-state index contributed by atoms with van der Waals surface area (Å²) < 4.78 is 5.47. The van der Waals surface area contributed by atoms with E-state index in [9.17, 15) is 4.79 Å². The van der Waals surface area contributed by atoms with Gasteiger partial charge in [-0.25, -0.2) is 0 Å². The van der Waals surface area contributed by atoms with E-state index in [4.69, 9.17) is 9.84 Å². The number of aromatic nitrogens is 1. The van der Waals surface area contributed by atoms with Crippen LogP contribution in [0.2, 0.25) is 0 Å². The third kappa shape index (κ3) is 4.49. The lowest BCUT2D eigenvalue weighted by Crippen LogP contribution is -2.22. The van der Waals surface area contributed by atoms with Gasteiger partial charge >= 0.3 is 0 Å². The molecule has 0 saturated heterocycles. The molecule has 1 atom stereocenters.